The molecule has 5 nitrogen and oxygen atoms in total. The van der Waals surface area contributed by atoms with Crippen molar-refractivity contribution in [1.82, 2.24) is 20.8 Å². The Morgan fingerprint density at radius 1 is 1.20 bits per heavy atom. The monoisotopic (exact) mass is 291 g/mol. The van der Waals surface area contributed by atoms with Gasteiger partial charge in [-0.15, -0.1) is 0 Å². The molecule has 1 aromatic heterocycles. The minimum atomic E-state index is 0.431. The van der Waals surface area contributed by atoms with Crippen molar-refractivity contribution in [2.75, 3.05) is 11.9 Å². The van der Waals surface area contributed by atoms with Gasteiger partial charge in [-0.1, -0.05) is 11.6 Å². The van der Waals surface area contributed by atoms with Crippen molar-refractivity contribution in [3.8, 4) is 0 Å². The molecule has 2 atom stereocenters. The predicted octanol–water partition coefficient (Wildman–Crippen LogP) is 2.20. The first-order valence-corrected chi connectivity index (χ1v) is 7.18. The summed E-state index contributed by atoms with van der Waals surface area (Å²) < 4.78 is 0. The van der Waals surface area contributed by atoms with Crippen LogP contribution >= 0.6 is 11.6 Å². The lowest BCUT2D eigenvalue weighted by atomic mass is 9.97. The largest absolute Gasteiger partial charge is 0.369 e. The molecule has 0 radical (unpaired) electrons. The summed E-state index contributed by atoms with van der Waals surface area (Å²) in [4.78, 5) is 8.59. The van der Waals surface area contributed by atoms with Crippen LogP contribution < -0.4 is 16.2 Å². The highest BCUT2D eigenvalue weighted by atomic mass is 35.5. The van der Waals surface area contributed by atoms with Gasteiger partial charge in [0.1, 0.15) is 12.1 Å². The Morgan fingerprint density at radius 3 is 2.70 bits per heavy atom. The number of nitrogens with one attached hydrogen (secondary N) is 3. The topological polar surface area (TPSA) is 61.9 Å². The summed E-state index contributed by atoms with van der Waals surface area (Å²) in [5.41, 5.74) is 7.38. The molecule has 2 heterocycles. The van der Waals surface area contributed by atoms with Gasteiger partial charge >= 0.3 is 0 Å². The molecule has 2 aromatic rings. The highest BCUT2D eigenvalue weighted by Gasteiger charge is 2.29. The number of aromatic nitrogens is 2. The third-order valence-corrected chi connectivity index (χ3v) is 4.16. The second-order valence-electron chi connectivity index (χ2n) is 5.29. The van der Waals surface area contributed by atoms with Gasteiger partial charge in [-0.3, -0.25) is 10.9 Å². The second kappa shape index (κ2) is 5.52. The Labute approximate surface area is 123 Å². The Kier molecular flexibility index (Phi) is 3.74. The van der Waals surface area contributed by atoms with Crippen LogP contribution in [0.25, 0.3) is 10.9 Å². The van der Waals surface area contributed by atoms with Crippen molar-refractivity contribution >= 4 is 28.3 Å². The van der Waals surface area contributed by atoms with E-state index in [1.54, 1.807) is 6.33 Å². The molecule has 2 unspecified atom stereocenters. The van der Waals surface area contributed by atoms with E-state index in [2.05, 4.69) is 40.0 Å². The quantitative estimate of drug-likeness (QED) is 0.809. The summed E-state index contributed by atoms with van der Waals surface area (Å²) in [5, 5.41) is 5.12. The Morgan fingerprint density at radius 2 is 1.95 bits per heavy atom. The summed E-state index contributed by atoms with van der Waals surface area (Å²) in [6, 6.07) is 6.54. The molecule has 1 aromatic carbocycles. The van der Waals surface area contributed by atoms with Crippen molar-refractivity contribution in [3.63, 3.8) is 0 Å². The van der Waals surface area contributed by atoms with Gasteiger partial charge in [0, 0.05) is 35.0 Å². The number of rotatable bonds is 3. The maximum Gasteiger partial charge on any atom is 0.137 e. The zero-order chi connectivity index (χ0) is 14.1. The molecule has 1 saturated heterocycles. The van der Waals surface area contributed by atoms with Gasteiger partial charge in [-0.05, 0) is 32.0 Å². The first-order chi connectivity index (χ1) is 9.65. The molecule has 106 valence electrons. The summed E-state index contributed by atoms with van der Waals surface area (Å²) >= 11 is 5.99. The molecule has 0 spiro atoms. The van der Waals surface area contributed by atoms with Crippen molar-refractivity contribution in [2.24, 2.45) is 5.92 Å². The van der Waals surface area contributed by atoms with E-state index in [1.807, 2.05) is 18.2 Å². The van der Waals surface area contributed by atoms with Crippen LogP contribution in [0.2, 0.25) is 5.02 Å². The van der Waals surface area contributed by atoms with Crippen LogP contribution in [0.4, 0.5) is 5.82 Å². The van der Waals surface area contributed by atoms with Crippen LogP contribution in [-0.2, 0) is 0 Å². The van der Waals surface area contributed by atoms with Crippen LogP contribution in [0.1, 0.15) is 13.8 Å². The van der Waals surface area contributed by atoms with E-state index < -0.39 is 0 Å². The van der Waals surface area contributed by atoms with Crippen molar-refractivity contribution in [2.45, 2.75) is 25.9 Å². The molecule has 1 fully saturated rings. The molecule has 3 N–H and O–H groups in total. The number of hydrazine groups is 1. The SMILES string of the molecule is CC1NNC(C)C1CNc1ncnc2cc(Cl)ccc12. The molecule has 20 heavy (non-hydrogen) atoms. The number of hydrogen-bond acceptors (Lipinski definition) is 5. The average molecular weight is 292 g/mol. The van der Waals surface area contributed by atoms with Crippen LogP contribution in [0.3, 0.4) is 0 Å². The summed E-state index contributed by atoms with van der Waals surface area (Å²) in [6.45, 7) is 5.22. The molecular formula is C14H18ClN5. The zero-order valence-corrected chi connectivity index (χ0v) is 12.3. The number of anilines is 1. The van der Waals surface area contributed by atoms with Crippen molar-refractivity contribution < 1.29 is 0 Å². The fraction of sp³-hybridized carbons (Fsp3) is 0.429. The minimum absolute atomic E-state index is 0.431. The molecule has 3 rings (SSSR count). The zero-order valence-electron chi connectivity index (χ0n) is 11.5. The van der Waals surface area contributed by atoms with Gasteiger partial charge < -0.3 is 5.32 Å². The maximum atomic E-state index is 5.99. The third-order valence-electron chi connectivity index (χ3n) is 3.93. The first kappa shape index (κ1) is 13.5. The highest BCUT2D eigenvalue weighted by Crippen LogP contribution is 2.23. The Hall–Kier alpha value is -1.43. The second-order valence-corrected chi connectivity index (χ2v) is 5.73. The third kappa shape index (κ3) is 2.57. The van der Waals surface area contributed by atoms with E-state index in [0.29, 0.717) is 23.0 Å². The molecule has 1 aliphatic heterocycles. The van der Waals surface area contributed by atoms with E-state index in [9.17, 15) is 0 Å². The molecule has 6 heteroatoms. The molecule has 1 aliphatic rings. The number of benzene rings is 1. The van der Waals surface area contributed by atoms with Gasteiger partial charge in [-0.25, -0.2) is 9.97 Å². The van der Waals surface area contributed by atoms with Crippen LogP contribution in [0.5, 0.6) is 0 Å². The molecular weight excluding hydrogens is 274 g/mol. The fourth-order valence-corrected chi connectivity index (χ4v) is 2.82. The van der Waals surface area contributed by atoms with Gasteiger partial charge in [0.05, 0.1) is 5.52 Å². The van der Waals surface area contributed by atoms with Crippen LogP contribution in [-0.4, -0.2) is 28.6 Å². The smallest absolute Gasteiger partial charge is 0.137 e. The maximum absolute atomic E-state index is 5.99. The van der Waals surface area contributed by atoms with Gasteiger partial charge in [0.25, 0.3) is 0 Å². The lowest BCUT2D eigenvalue weighted by Gasteiger charge is -2.19. The van der Waals surface area contributed by atoms with Gasteiger partial charge in [0.2, 0.25) is 0 Å². The van der Waals surface area contributed by atoms with E-state index in [1.165, 1.54) is 0 Å². The van der Waals surface area contributed by atoms with Crippen LogP contribution in [0, 0.1) is 5.92 Å². The molecule has 0 amide bonds. The van der Waals surface area contributed by atoms with E-state index in [-0.39, 0.29) is 0 Å². The highest BCUT2D eigenvalue weighted by molar-refractivity contribution is 6.31. The molecule has 0 saturated carbocycles. The first-order valence-electron chi connectivity index (χ1n) is 6.80. The Bertz CT molecular complexity index is 608. The van der Waals surface area contributed by atoms with Crippen molar-refractivity contribution in [3.05, 3.63) is 29.5 Å². The van der Waals surface area contributed by atoms with Gasteiger partial charge in [0.15, 0.2) is 0 Å². The normalized spacial score (nSPS) is 26.1. The lowest BCUT2D eigenvalue weighted by molar-refractivity contribution is 0.466. The minimum Gasteiger partial charge on any atom is -0.369 e. The summed E-state index contributed by atoms with van der Waals surface area (Å²) in [7, 11) is 0. The lowest BCUT2D eigenvalue weighted by Crippen LogP contribution is -2.30. The molecule has 0 bridgehead atoms. The summed E-state index contributed by atoms with van der Waals surface area (Å²) in [6.07, 6.45) is 1.57. The fourth-order valence-electron chi connectivity index (χ4n) is 2.65. The predicted molar refractivity (Wildman–Crippen MR) is 81.7 cm³/mol. The van der Waals surface area contributed by atoms with E-state index in [0.717, 1.165) is 23.3 Å². The number of halogens is 1. The number of hydrogen-bond donors (Lipinski definition) is 3. The average Bonchev–Trinajstić information content (AvgIpc) is 2.75. The van der Waals surface area contributed by atoms with Crippen LogP contribution in [0.15, 0.2) is 24.5 Å². The number of fused-ring (bicyclic) bond motifs is 1. The van der Waals surface area contributed by atoms with E-state index in [4.69, 9.17) is 11.6 Å². The Balaban J connectivity index is 1.81. The summed E-state index contributed by atoms with van der Waals surface area (Å²) in [5.74, 6) is 1.37. The molecule has 0 aliphatic carbocycles. The van der Waals surface area contributed by atoms with Crippen molar-refractivity contribution in [1.29, 1.82) is 0 Å². The standard InChI is InChI=1S/C14H18ClN5/c1-8-12(9(2)20-19-8)6-16-14-11-4-3-10(15)5-13(11)17-7-18-14/h3-5,7-9,12,19-20H,6H2,1-2H3,(H,16,17,18). The number of nitrogens with zero attached hydrogens (tertiary/aromatic N) is 2. The van der Waals surface area contributed by atoms with E-state index >= 15 is 0 Å². The van der Waals surface area contributed by atoms with Gasteiger partial charge in [-0.2, -0.15) is 0 Å².